The van der Waals surface area contributed by atoms with Gasteiger partial charge in [0.15, 0.2) is 0 Å². The van der Waals surface area contributed by atoms with E-state index < -0.39 is 11.9 Å². The average Bonchev–Trinajstić information content (AvgIpc) is 2.94. The van der Waals surface area contributed by atoms with Crippen LogP contribution >= 0.6 is 0 Å². The summed E-state index contributed by atoms with van der Waals surface area (Å²) in [5.74, 6) is -1.09. The molecule has 3 aliphatic heterocycles. The van der Waals surface area contributed by atoms with Gasteiger partial charge >= 0.3 is 0 Å². The highest BCUT2D eigenvalue weighted by molar-refractivity contribution is 6.05. The van der Waals surface area contributed by atoms with E-state index in [2.05, 4.69) is 10.6 Å². The van der Waals surface area contributed by atoms with E-state index in [-0.39, 0.29) is 36.4 Å². The Bertz CT molecular complexity index is 809. The number of carbonyl (C=O) groups is 3. The SMILES string of the molecule is O=C1CC[C@@H](N2Cc3c(ccn(C4CCNCC4)c3=O)C2=O)C(=O)N1. The molecule has 2 fully saturated rings. The van der Waals surface area contributed by atoms with Gasteiger partial charge in [-0.15, -0.1) is 0 Å². The monoisotopic (exact) mass is 344 g/mol. The van der Waals surface area contributed by atoms with Gasteiger partial charge in [-0.2, -0.15) is 0 Å². The summed E-state index contributed by atoms with van der Waals surface area (Å²) < 4.78 is 1.72. The second-order valence-electron chi connectivity index (χ2n) is 6.80. The Hall–Kier alpha value is -2.48. The number of hydrogen-bond donors (Lipinski definition) is 2. The number of carbonyl (C=O) groups excluding carboxylic acids is 3. The van der Waals surface area contributed by atoms with E-state index in [4.69, 9.17) is 0 Å². The Balaban J connectivity index is 1.63. The topological polar surface area (TPSA) is 101 Å². The number of nitrogens with one attached hydrogen (secondary N) is 2. The molecule has 2 saturated heterocycles. The molecular weight excluding hydrogens is 324 g/mol. The standard InChI is InChI=1S/C17H20N4O4/c22-14-2-1-13(15(23)19-14)21-9-12-11(16(21)24)5-8-20(17(12)25)10-3-6-18-7-4-10/h5,8,10,13,18H,1-4,6-7,9H2,(H,19,22,23)/t13-/m1/s1. The second-order valence-corrected chi connectivity index (χ2v) is 6.80. The van der Waals surface area contributed by atoms with Crippen LogP contribution in [0.3, 0.4) is 0 Å². The van der Waals surface area contributed by atoms with Gasteiger partial charge in [0.05, 0.1) is 12.1 Å². The lowest BCUT2D eigenvalue weighted by Crippen LogP contribution is -2.52. The normalized spacial score (nSPS) is 24.4. The van der Waals surface area contributed by atoms with Gasteiger partial charge in [-0.1, -0.05) is 0 Å². The van der Waals surface area contributed by atoms with E-state index >= 15 is 0 Å². The van der Waals surface area contributed by atoms with Crippen molar-refractivity contribution < 1.29 is 14.4 Å². The molecule has 1 aromatic heterocycles. The first-order valence-electron chi connectivity index (χ1n) is 8.65. The maximum absolute atomic E-state index is 12.9. The Morgan fingerprint density at radius 1 is 1.04 bits per heavy atom. The lowest BCUT2D eigenvalue weighted by atomic mass is 10.0. The van der Waals surface area contributed by atoms with E-state index in [9.17, 15) is 19.2 Å². The third-order valence-corrected chi connectivity index (χ3v) is 5.33. The molecule has 0 bridgehead atoms. The van der Waals surface area contributed by atoms with Crippen LogP contribution in [0.25, 0.3) is 0 Å². The molecule has 0 spiro atoms. The first-order chi connectivity index (χ1) is 12.1. The Morgan fingerprint density at radius 2 is 1.80 bits per heavy atom. The van der Waals surface area contributed by atoms with E-state index in [1.807, 2.05) is 0 Å². The predicted octanol–water partition coefficient (Wildman–Crippen LogP) is -0.466. The highest BCUT2D eigenvalue weighted by Crippen LogP contribution is 2.26. The summed E-state index contributed by atoms with van der Waals surface area (Å²) in [6.45, 7) is 1.87. The number of hydrogen-bond acceptors (Lipinski definition) is 5. The molecule has 0 unspecified atom stereocenters. The molecular formula is C17H20N4O4. The van der Waals surface area contributed by atoms with Crippen molar-refractivity contribution in [1.82, 2.24) is 20.1 Å². The molecule has 1 aromatic rings. The molecule has 8 nitrogen and oxygen atoms in total. The summed E-state index contributed by atoms with van der Waals surface area (Å²) >= 11 is 0. The molecule has 4 heterocycles. The Kier molecular flexibility index (Phi) is 3.91. The fraction of sp³-hybridized carbons (Fsp3) is 0.529. The smallest absolute Gasteiger partial charge is 0.256 e. The average molecular weight is 344 g/mol. The number of piperidine rings is 2. The second kappa shape index (κ2) is 6.11. The molecule has 0 aliphatic carbocycles. The van der Waals surface area contributed by atoms with Crippen LogP contribution in [0.5, 0.6) is 0 Å². The van der Waals surface area contributed by atoms with Crippen LogP contribution in [0.2, 0.25) is 0 Å². The van der Waals surface area contributed by atoms with E-state index in [0.29, 0.717) is 17.5 Å². The number of rotatable bonds is 2. The van der Waals surface area contributed by atoms with Crippen molar-refractivity contribution in [2.75, 3.05) is 13.1 Å². The lowest BCUT2D eigenvalue weighted by molar-refractivity contribution is -0.136. The third kappa shape index (κ3) is 2.66. The highest BCUT2D eigenvalue weighted by atomic mass is 16.2. The first-order valence-corrected chi connectivity index (χ1v) is 8.65. The number of fused-ring (bicyclic) bond motifs is 1. The molecule has 25 heavy (non-hydrogen) atoms. The van der Waals surface area contributed by atoms with Crippen molar-refractivity contribution in [1.29, 1.82) is 0 Å². The lowest BCUT2D eigenvalue weighted by Gasteiger charge is -2.29. The molecule has 3 amide bonds. The molecule has 3 aliphatic rings. The maximum atomic E-state index is 12.9. The van der Waals surface area contributed by atoms with Gasteiger partial charge in [0.25, 0.3) is 11.5 Å². The van der Waals surface area contributed by atoms with Crippen molar-refractivity contribution in [2.24, 2.45) is 0 Å². The minimum Gasteiger partial charge on any atom is -0.322 e. The van der Waals surface area contributed by atoms with Gasteiger partial charge in [0, 0.05) is 24.2 Å². The zero-order chi connectivity index (χ0) is 17.6. The van der Waals surface area contributed by atoms with Gasteiger partial charge in [-0.3, -0.25) is 24.5 Å². The highest BCUT2D eigenvalue weighted by Gasteiger charge is 2.40. The van der Waals surface area contributed by atoms with Crippen LogP contribution in [0.1, 0.15) is 47.6 Å². The van der Waals surface area contributed by atoms with E-state index in [1.54, 1.807) is 16.8 Å². The number of amides is 3. The Morgan fingerprint density at radius 3 is 2.52 bits per heavy atom. The summed E-state index contributed by atoms with van der Waals surface area (Å²) in [6, 6.07) is 1.13. The third-order valence-electron chi connectivity index (χ3n) is 5.33. The minimum atomic E-state index is -0.690. The zero-order valence-corrected chi connectivity index (χ0v) is 13.8. The van der Waals surface area contributed by atoms with Gasteiger partial charge in [0.2, 0.25) is 11.8 Å². The quantitative estimate of drug-likeness (QED) is 0.707. The predicted molar refractivity (Wildman–Crippen MR) is 87.9 cm³/mol. The van der Waals surface area contributed by atoms with Gasteiger partial charge < -0.3 is 14.8 Å². The van der Waals surface area contributed by atoms with Crippen molar-refractivity contribution in [2.45, 2.75) is 44.3 Å². The van der Waals surface area contributed by atoms with Gasteiger partial charge in [0.1, 0.15) is 6.04 Å². The van der Waals surface area contributed by atoms with Crippen LogP contribution in [0.15, 0.2) is 17.1 Å². The number of aromatic nitrogens is 1. The minimum absolute atomic E-state index is 0.130. The first kappa shape index (κ1) is 16.0. The largest absolute Gasteiger partial charge is 0.322 e. The number of nitrogens with zero attached hydrogens (tertiary/aromatic N) is 2. The molecule has 0 radical (unpaired) electrons. The van der Waals surface area contributed by atoms with Crippen LogP contribution < -0.4 is 16.2 Å². The molecule has 0 aromatic carbocycles. The molecule has 1 atom stereocenters. The van der Waals surface area contributed by atoms with Crippen LogP contribution in [-0.2, 0) is 16.1 Å². The molecule has 0 saturated carbocycles. The molecule has 8 heteroatoms. The molecule has 132 valence electrons. The molecule has 2 N–H and O–H groups in total. The van der Waals surface area contributed by atoms with Crippen molar-refractivity contribution in [3.05, 3.63) is 33.7 Å². The van der Waals surface area contributed by atoms with Crippen LogP contribution in [0.4, 0.5) is 0 Å². The van der Waals surface area contributed by atoms with E-state index in [0.717, 1.165) is 25.9 Å². The van der Waals surface area contributed by atoms with Crippen molar-refractivity contribution >= 4 is 17.7 Å². The van der Waals surface area contributed by atoms with Crippen molar-refractivity contribution in [3.8, 4) is 0 Å². The summed E-state index contributed by atoms with van der Waals surface area (Å²) in [4.78, 5) is 50.3. The summed E-state index contributed by atoms with van der Waals surface area (Å²) in [6.07, 6.45) is 3.96. The molecule has 4 rings (SSSR count). The van der Waals surface area contributed by atoms with Crippen LogP contribution in [-0.4, -0.2) is 46.3 Å². The van der Waals surface area contributed by atoms with E-state index in [1.165, 1.54) is 4.90 Å². The summed E-state index contributed by atoms with van der Waals surface area (Å²) in [5, 5.41) is 5.54. The van der Waals surface area contributed by atoms with Gasteiger partial charge in [-0.25, -0.2) is 0 Å². The number of imide groups is 1. The maximum Gasteiger partial charge on any atom is 0.256 e. The summed E-state index contributed by atoms with van der Waals surface area (Å²) in [7, 11) is 0. The van der Waals surface area contributed by atoms with Crippen molar-refractivity contribution in [3.63, 3.8) is 0 Å². The van der Waals surface area contributed by atoms with Gasteiger partial charge in [-0.05, 0) is 38.4 Å². The van der Waals surface area contributed by atoms with Crippen LogP contribution in [0, 0.1) is 0 Å². The zero-order valence-electron chi connectivity index (χ0n) is 13.8. The fourth-order valence-electron chi connectivity index (χ4n) is 3.95. The number of pyridine rings is 1. The Labute approximate surface area is 144 Å². The summed E-state index contributed by atoms with van der Waals surface area (Å²) in [5.41, 5.74) is 0.683. The fourth-order valence-corrected chi connectivity index (χ4v) is 3.95.